The molecule has 8 heteroatoms. The lowest BCUT2D eigenvalue weighted by Crippen LogP contribution is -2.11. The van der Waals surface area contributed by atoms with E-state index in [0.29, 0.717) is 11.5 Å². The standard InChI is InChI=1S/C11H8ClFN4O2/c1-16(11-5-10(12)14-6-15-11)7-2-3-9(17(18)19)8(13)4-7/h2-6H,1H3. The third kappa shape index (κ3) is 2.76. The highest BCUT2D eigenvalue weighted by Gasteiger charge is 2.16. The number of rotatable bonds is 3. The molecular weight excluding hydrogens is 275 g/mol. The first-order valence-electron chi connectivity index (χ1n) is 5.14. The maximum atomic E-state index is 13.5. The number of anilines is 2. The largest absolute Gasteiger partial charge is 0.329 e. The number of nitro groups is 1. The quantitative estimate of drug-likeness (QED) is 0.492. The smallest absolute Gasteiger partial charge is 0.304 e. The zero-order chi connectivity index (χ0) is 14.0. The molecule has 0 saturated carbocycles. The second-order valence-corrected chi connectivity index (χ2v) is 4.04. The van der Waals surface area contributed by atoms with Crippen molar-refractivity contribution >= 4 is 28.8 Å². The van der Waals surface area contributed by atoms with Gasteiger partial charge in [-0.1, -0.05) is 11.6 Å². The summed E-state index contributed by atoms with van der Waals surface area (Å²) in [6.07, 6.45) is 1.27. The number of aromatic nitrogens is 2. The van der Waals surface area contributed by atoms with Crippen molar-refractivity contribution in [3.63, 3.8) is 0 Å². The number of halogens is 2. The second kappa shape index (κ2) is 5.15. The van der Waals surface area contributed by atoms with Crippen LogP contribution in [0.15, 0.2) is 30.6 Å². The van der Waals surface area contributed by atoms with E-state index in [1.165, 1.54) is 18.5 Å². The summed E-state index contributed by atoms with van der Waals surface area (Å²) < 4.78 is 13.5. The molecule has 2 aromatic rings. The van der Waals surface area contributed by atoms with E-state index in [2.05, 4.69) is 9.97 Å². The summed E-state index contributed by atoms with van der Waals surface area (Å²) in [5, 5.41) is 10.8. The maximum absolute atomic E-state index is 13.5. The van der Waals surface area contributed by atoms with Gasteiger partial charge in [-0.25, -0.2) is 9.97 Å². The van der Waals surface area contributed by atoms with Gasteiger partial charge in [0.1, 0.15) is 17.3 Å². The van der Waals surface area contributed by atoms with Crippen LogP contribution < -0.4 is 4.90 Å². The van der Waals surface area contributed by atoms with E-state index in [1.54, 1.807) is 11.9 Å². The van der Waals surface area contributed by atoms with Gasteiger partial charge in [-0.3, -0.25) is 10.1 Å². The van der Waals surface area contributed by atoms with Gasteiger partial charge in [-0.2, -0.15) is 4.39 Å². The zero-order valence-electron chi connectivity index (χ0n) is 9.75. The van der Waals surface area contributed by atoms with Crippen molar-refractivity contribution in [2.24, 2.45) is 0 Å². The molecule has 19 heavy (non-hydrogen) atoms. The normalized spacial score (nSPS) is 10.3. The van der Waals surface area contributed by atoms with Crippen molar-refractivity contribution in [2.75, 3.05) is 11.9 Å². The van der Waals surface area contributed by atoms with Gasteiger partial charge in [0.15, 0.2) is 0 Å². The van der Waals surface area contributed by atoms with Crippen LogP contribution in [0.25, 0.3) is 0 Å². The molecule has 0 unspecified atom stereocenters. The Morgan fingerprint density at radius 3 is 2.68 bits per heavy atom. The van der Waals surface area contributed by atoms with Gasteiger partial charge in [-0.15, -0.1) is 0 Å². The molecule has 0 saturated heterocycles. The molecule has 0 N–H and O–H groups in total. The average Bonchev–Trinajstić information content (AvgIpc) is 2.37. The van der Waals surface area contributed by atoms with Crippen molar-refractivity contribution in [3.8, 4) is 0 Å². The minimum atomic E-state index is -0.908. The van der Waals surface area contributed by atoms with Gasteiger partial charge in [0.05, 0.1) is 4.92 Å². The maximum Gasteiger partial charge on any atom is 0.304 e. The van der Waals surface area contributed by atoms with Gasteiger partial charge < -0.3 is 4.90 Å². The van der Waals surface area contributed by atoms with Gasteiger partial charge in [0.25, 0.3) is 0 Å². The van der Waals surface area contributed by atoms with Gasteiger partial charge in [0.2, 0.25) is 5.82 Å². The highest BCUT2D eigenvalue weighted by atomic mass is 35.5. The predicted octanol–water partition coefficient (Wildman–Crippen LogP) is 2.95. The number of hydrogen-bond acceptors (Lipinski definition) is 5. The van der Waals surface area contributed by atoms with Gasteiger partial charge in [-0.05, 0) is 6.07 Å². The molecule has 1 aromatic carbocycles. The average molecular weight is 283 g/mol. The lowest BCUT2D eigenvalue weighted by atomic mass is 10.2. The van der Waals surface area contributed by atoms with Crippen LogP contribution in [0.4, 0.5) is 21.6 Å². The highest BCUT2D eigenvalue weighted by Crippen LogP contribution is 2.27. The first-order valence-corrected chi connectivity index (χ1v) is 5.52. The Morgan fingerprint density at radius 2 is 2.11 bits per heavy atom. The fourth-order valence-electron chi connectivity index (χ4n) is 1.49. The van der Waals surface area contributed by atoms with E-state index in [4.69, 9.17) is 11.6 Å². The molecular formula is C11H8ClFN4O2. The number of benzene rings is 1. The molecule has 0 fully saturated rings. The van der Waals surface area contributed by atoms with Crippen LogP contribution in [0.1, 0.15) is 0 Å². The number of hydrogen-bond donors (Lipinski definition) is 0. The number of nitro benzene ring substituents is 1. The van der Waals surface area contributed by atoms with E-state index in [9.17, 15) is 14.5 Å². The predicted molar refractivity (Wildman–Crippen MR) is 68.2 cm³/mol. The summed E-state index contributed by atoms with van der Waals surface area (Å²) in [5.74, 6) is -0.456. The van der Waals surface area contributed by atoms with E-state index < -0.39 is 16.4 Å². The van der Waals surface area contributed by atoms with E-state index in [1.807, 2.05) is 0 Å². The highest BCUT2D eigenvalue weighted by molar-refractivity contribution is 6.29. The summed E-state index contributed by atoms with van der Waals surface area (Å²) in [6.45, 7) is 0. The van der Waals surface area contributed by atoms with Crippen LogP contribution in [-0.2, 0) is 0 Å². The lowest BCUT2D eigenvalue weighted by Gasteiger charge is -2.17. The van der Waals surface area contributed by atoms with Crippen molar-refractivity contribution < 1.29 is 9.31 Å². The second-order valence-electron chi connectivity index (χ2n) is 3.65. The molecule has 2 rings (SSSR count). The van der Waals surface area contributed by atoms with E-state index >= 15 is 0 Å². The molecule has 0 aliphatic rings. The van der Waals surface area contributed by atoms with Crippen molar-refractivity contribution in [1.82, 2.24) is 9.97 Å². The van der Waals surface area contributed by atoms with Crippen molar-refractivity contribution in [1.29, 1.82) is 0 Å². The fourth-order valence-corrected chi connectivity index (χ4v) is 1.63. The molecule has 0 aliphatic heterocycles. The van der Waals surface area contributed by atoms with E-state index in [-0.39, 0.29) is 5.15 Å². The topological polar surface area (TPSA) is 72.2 Å². The third-order valence-corrected chi connectivity index (χ3v) is 2.68. The van der Waals surface area contributed by atoms with E-state index in [0.717, 1.165) is 12.1 Å². The summed E-state index contributed by atoms with van der Waals surface area (Å²) in [5.41, 5.74) is -0.157. The molecule has 0 atom stereocenters. The monoisotopic (exact) mass is 282 g/mol. The lowest BCUT2D eigenvalue weighted by molar-refractivity contribution is -0.387. The Bertz CT molecular complexity index is 638. The Labute approximate surface area is 112 Å². The molecule has 0 radical (unpaired) electrons. The van der Waals surface area contributed by atoms with Crippen LogP contribution in [0.3, 0.4) is 0 Å². The van der Waals surface area contributed by atoms with Crippen LogP contribution >= 0.6 is 11.6 Å². The third-order valence-electron chi connectivity index (χ3n) is 2.48. The molecule has 0 spiro atoms. The van der Waals surface area contributed by atoms with Crippen molar-refractivity contribution in [3.05, 3.63) is 51.7 Å². The molecule has 6 nitrogen and oxygen atoms in total. The summed E-state index contributed by atoms with van der Waals surface area (Å²) in [6, 6.07) is 5.09. The Morgan fingerprint density at radius 1 is 1.37 bits per heavy atom. The fraction of sp³-hybridized carbons (Fsp3) is 0.0909. The molecule has 0 aliphatic carbocycles. The van der Waals surface area contributed by atoms with Crippen LogP contribution in [0.2, 0.25) is 5.15 Å². The van der Waals surface area contributed by atoms with Crippen LogP contribution in [-0.4, -0.2) is 21.9 Å². The zero-order valence-corrected chi connectivity index (χ0v) is 10.5. The van der Waals surface area contributed by atoms with Crippen LogP contribution in [0, 0.1) is 15.9 Å². The Hall–Kier alpha value is -2.28. The minimum Gasteiger partial charge on any atom is -0.329 e. The summed E-state index contributed by atoms with van der Waals surface area (Å²) >= 11 is 5.73. The Balaban J connectivity index is 2.37. The first kappa shape index (κ1) is 13.2. The van der Waals surface area contributed by atoms with Crippen LogP contribution in [0.5, 0.6) is 0 Å². The minimum absolute atomic E-state index is 0.249. The molecule has 98 valence electrons. The summed E-state index contributed by atoms with van der Waals surface area (Å²) in [7, 11) is 1.64. The molecule has 1 heterocycles. The van der Waals surface area contributed by atoms with Gasteiger partial charge >= 0.3 is 5.69 Å². The Kier molecular flexibility index (Phi) is 3.57. The molecule has 0 bridgehead atoms. The summed E-state index contributed by atoms with van der Waals surface area (Å²) in [4.78, 5) is 19.0. The van der Waals surface area contributed by atoms with Gasteiger partial charge in [0, 0.05) is 30.9 Å². The molecule has 1 aromatic heterocycles. The molecule has 0 amide bonds. The van der Waals surface area contributed by atoms with Crippen molar-refractivity contribution in [2.45, 2.75) is 0 Å². The number of nitrogens with zero attached hydrogens (tertiary/aromatic N) is 4. The first-order chi connectivity index (χ1) is 8.99. The SMILES string of the molecule is CN(c1ccc([N+](=O)[O-])c(F)c1)c1cc(Cl)ncn1.